The molecule has 1 unspecified atom stereocenters. The third-order valence-electron chi connectivity index (χ3n) is 3.70. The Hall–Kier alpha value is -3.61. The van der Waals surface area contributed by atoms with Gasteiger partial charge < -0.3 is 16.0 Å². The Bertz CT molecular complexity index is 835. The number of hydrogen-bond acceptors (Lipinski definition) is 3. The number of nitrogens with zero attached hydrogens (tertiary/aromatic N) is 1. The molecule has 3 amide bonds. The van der Waals surface area contributed by atoms with Crippen LogP contribution in [0.15, 0.2) is 73.1 Å². The van der Waals surface area contributed by atoms with E-state index >= 15 is 0 Å². The van der Waals surface area contributed by atoms with Crippen LogP contribution in [0.25, 0.3) is 0 Å². The van der Waals surface area contributed by atoms with E-state index in [0.717, 1.165) is 5.56 Å². The van der Waals surface area contributed by atoms with E-state index in [4.69, 9.17) is 0 Å². The Labute approximate surface area is 150 Å². The number of H-pyrrole nitrogens is 1. The van der Waals surface area contributed by atoms with Gasteiger partial charge in [0.15, 0.2) is 0 Å². The van der Waals surface area contributed by atoms with E-state index in [2.05, 4.69) is 26.1 Å². The van der Waals surface area contributed by atoms with Crippen molar-refractivity contribution in [3.05, 3.63) is 78.6 Å². The van der Waals surface area contributed by atoms with Crippen molar-refractivity contribution in [3.8, 4) is 0 Å². The van der Waals surface area contributed by atoms with Crippen molar-refractivity contribution in [2.45, 2.75) is 12.5 Å². The first-order valence-corrected chi connectivity index (χ1v) is 8.17. The zero-order chi connectivity index (χ0) is 18.2. The van der Waals surface area contributed by atoms with E-state index in [1.165, 1.54) is 6.20 Å². The largest absolute Gasteiger partial charge is 0.326 e. The van der Waals surface area contributed by atoms with E-state index in [1.807, 2.05) is 48.5 Å². The lowest BCUT2D eigenvalue weighted by atomic mass is 10.1. The average molecular weight is 349 g/mol. The zero-order valence-electron chi connectivity index (χ0n) is 14.0. The van der Waals surface area contributed by atoms with Gasteiger partial charge in [0.25, 0.3) is 0 Å². The number of urea groups is 1. The van der Waals surface area contributed by atoms with Gasteiger partial charge >= 0.3 is 6.03 Å². The van der Waals surface area contributed by atoms with Crippen molar-refractivity contribution in [1.82, 2.24) is 15.5 Å². The molecule has 7 nitrogen and oxygen atoms in total. The maximum atomic E-state index is 12.7. The molecule has 0 radical (unpaired) electrons. The van der Waals surface area contributed by atoms with Crippen LogP contribution in [0, 0.1) is 0 Å². The summed E-state index contributed by atoms with van der Waals surface area (Å²) in [5.41, 5.74) is 2.14. The van der Waals surface area contributed by atoms with Crippen LogP contribution in [-0.4, -0.2) is 28.2 Å². The normalized spacial score (nSPS) is 11.4. The molecule has 3 rings (SSSR count). The molecule has 1 atom stereocenters. The SMILES string of the molecule is O=C(Nc1cn[nH]c1)NC(Cc1ccccc1)C(=O)Nc1ccccc1. The van der Waals surface area contributed by atoms with Crippen molar-refractivity contribution < 1.29 is 9.59 Å². The van der Waals surface area contributed by atoms with E-state index < -0.39 is 12.1 Å². The number of aromatic amines is 1. The van der Waals surface area contributed by atoms with Gasteiger partial charge in [0.2, 0.25) is 5.91 Å². The molecule has 3 aromatic rings. The number of amides is 3. The predicted molar refractivity (Wildman–Crippen MR) is 99.7 cm³/mol. The Morgan fingerprint density at radius 1 is 0.923 bits per heavy atom. The average Bonchev–Trinajstić information content (AvgIpc) is 3.16. The molecule has 4 N–H and O–H groups in total. The summed E-state index contributed by atoms with van der Waals surface area (Å²) in [6.07, 6.45) is 3.41. The summed E-state index contributed by atoms with van der Waals surface area (Å²) in [5.74, 6) is -0.289. The number of carbonyl (C=O) groups excluding carboxylic acids is 2. The highest BCUT2D eigenvalue weighted by Gasteiger charge is 2.21. The fourth-order valence-electron chi connectivity index (χ4n) is 2.45. The topological polar surface area (TPSA) is 98.9 Å². The van der Waals surface area contributed by atoms with Gasteiger partial charge in [-0.2, -0.15) is 5.10 Å². The summed E-state index contributed by atoms with van der Waals surface area (Å²) in [4.78, 5) is 24.9. The fourth-order valence-corrected chi connectivity index (χ4v) is 2.45. The van der Waals surface area contributed by atoms with E-state index in [1.54, 1.807) is 18.3 Å². The lowest BCUT2D eigenvalue weighted by Gasteiger charge is -2.19. The standard InChI is InChI=1S/C19H19N5O2/c25-18(22-15-9-5-2-6-10-15)17(11-14-7-3-1-4-8-14)24-19(26)23-16-12-20-21-13-16/h1-10,12-13,17H,11H2,(H,20,21)(H,22,25)(H2,23,24,26). The van der Waals surface area contributed by atoms with Crippen molar-refractivity contribution in [1.29, 1.82) is 0 Å². The van der Waals surface area contributed by atoms with Crippen molar-refractivity contribution in [3.63, 3.8) is 0 Å². The summed E-state index contributed by atoms with van der Waals surface area (Å²) in [5, 5.41) is 14.6. The Morgan fingerprint density at radius 2 is 1.62 bits per heavy atom. The number of para-hydroxylation sites is 1. The molecule has 0 spiro atoms. The molecule has 7 heteroatoms. The molecule has 1 aromatic heterocycles. The summed E-state index contributed by atoms with van der Waals surface area (Å²) in [6, 6.07) is 17.4. The van der Waals surface area contributed by atoms with Gasteiger partial charge in [-0.1, -0.05) is 48.5 Å². The minimum absolute atomic E-state index is 0.289. The van der Waals surface area contributed by atoms with Crippen LogP contribution >= 0.6 is 0 Å². The van der Waals surface area contributed by atoms with Gasteiger partial charge in [-0.15, -0.1) is 0 Å². The second-order valence-corrected chi connectivity index (χ2v) is 5.68. The minimum Gasteiger partial charge on any atom is -0.326 e. The molecule has 0 fully saturated rings. The molecule has 132 valence electrons. The number of aromatic nitrogens is 2. The zero-order valence-corrected chi connectivity index (χ0v) is 14.0. The fraction of sp³-hybridized carbons (Fsp3) is 0.105. The monoisotopic (exact) mass is 349 g/mol. The van der Waals surface area contributed by atoms with E-state index in [-0.39, 0.29) is 5.91 Å². The van der Waals surface area contributed by atoms with Crippen LogP contribution in [0.4, 0.5) is 16.2 Å². The molecular formula is C19H19N5O2. The first-order chi connectivity index (χ1) is 12.7. The number of benzene rings is 2. The Balaban J connectivity index is 1.70. The van der Waals surface area contributed by atoms with Crippen LogP contribution in [0.5, 0.6) is 0 Å². The Morgan fingerprint density at radius 3 is 2.27 bits per heavy atom. The number of carbonyl (C=O) groups is 2. The molecule has 0 saturated carbocycles. The lowest BCUT2D eigenvalue weighted by Crippen LogP contribution is -2.46. The molecule has 0 bridgehead atoms. The first kappa shape index (κ1) is 17.2. The molecule has 0 aliphatic rings. The molecule has 0 aliphatic heterocycles. The van der Waals surface area contributed by atoms with Gasteiger partial charge in [-0.05, 0) is 17.7 Å². The quantitative estimate of drug-likeness (QED) is 0.551. The summed E-state index contributed by atoms with van der Waals surface area (Å²) in [7, 11) is 0. The van der Waals surface area contributed by atoms with Crippen molar-refractivity contribution in [2.24, 2.45) is 0 Å². The highest BCUT2D eigenvalue weighted by molar-refractivity contribution is 5.99. The first-order valence-electron chi connectivity index (χ1n) is 8.17. The smallest absolute Gasteiger partial charge is 0.319 e. The van der Waals surface area contributed by atoms with Crippen molar-refractivity contribution >= 4 is 23.3 Å². The highest BCUT2D eigenvalue weighted by atomic mass is 16.2. The minimum atomic E-state index is -0.732. The van der Waals surface area contributed by atoms with Crippen molar-refractivity contribution in [2.75, 3.05) is 10.6 Å². The third-order valence-corrected chi connectivity index (χ3v) is 3.70. The van der Waals surface area contributed by atoms with E-state index in [0.29, 0.717) is 17.8 Å². The van der Waals surface area contributed by atoms with Crippen LogP contribution in [0.3, 0.4) is 0 Å². The lowest BCUT2D eigenvalue weighted by molar-refractivity contribution is -0.117. The Kier molecular flexibility index (Phi) is 5.61. The molecule has 2 aromatic carbocycles. The van der Waals surface area contributed by atoms with Crippen LogP contribution < -0.4 is 16.0 Å². The highest BCUT2D eigenvalue weighted by Crippen LogP contribution is 2.09. The van der Waals surface area contributed by atoms with Crippen LogP contribution in [0.1, 0.15) is 5.56 Å². The predicted octanol–water partition coefficient (Wildman–Crippen LogP) is 2.78. The summed E-state index contributed by atoms with van der Waals surface area (Å²) >= 11 is 0. The third kappa shape index (κ3) is 4.94. The second kappa shape index (κ2) is 8.48. The second-order valence-electron chi connectivity index (χ2n) is 5.68. The maximum absolute atomic E-state index is 12.7. The summed E-state index contributed by atoms with van der Waals surface area (Å²) < 4.78 is 0. The van der Waals surface area contributed by atoms with Gasteiger partial charge in [-0.3, -0.25) is 9.89 Å². The van der Waals surface area contributed by atoms with Crippen LogP contribution in [-0.2, 0) is 11.2 Å². The van der Waals surface area contributed by atoms with E-state index in [9.17, 15) is 9.59 Å². The van der Waals surface area contributed by atoms with Gasteiger partial charge in [0.05, 0.1) is 11.9 Å². The molecule has 0 aliphatic carbocycles. The van der Waals surface area contributed by atoms with Gasteiger partial charge in [-0.25, -0.2) is 4.79 Å². The number of anilines is 2. The molecule has 1 heterocycles. The summed E-state index contributed by atoms with van der Waals surface area (Å²) in [6.45, 7) is 0. The molecule has 0 saturated heterocycles. The van der Waals surface area contributed by atoms with Gasteiger partial charge in [0.1, 0.15) is 6.04 Å². The maximum Gasteiger partial charge on any atom is 0.319 e. The van der Waals surface area contributed by atoms with Gasteiger partial charge in [0, 0.05) is 18.3 Å². The number of nitrogens with one attached hydrogen (secondary N) is 4. The van der Waals surface area contributed by atoms with Crippen LogP contribution in [0.2, 0.25) is 0 Å². The molecule has 26 heavy (non-hydrogen) atoms. The molecular weight excluding hydrogens is 330 g/mol. The number of rotatable bonds is 6. The number of hydrogen-bond donors (Lipinski definition) is 4.